The number of halogens is 12. The zero-order chi connectivity index (χ0) is 104. The van der Waals surface area contributed by atoms with Crippen LogP contribution in [0.1, 0.15) is 261 Å². The summed E-state index contributed by atoms with van der Waals surface area (Å²) in [4.78, 5) is 12.9. The topological polar surface area (TPSA) is 152 Å². The molecule has 0 spiro atoms. The molecular weight excluding hydrogens is 1680 g/mol. The molecule has 0 aliphatic heterocycles. The van der Waals surface area contributed by atoms with Gasteiger partial charge in [0, 0.05) is 71.2 Å². The van der Waals surface area contributed by atoms with E-state index in [4.69, 9.17) is 34.2 Å². The van der Waals surface area contributed by atoms with Gasteiger partial charge < -0.3 is 42.7 Å². The third-order valence-electron chi connectivity index (χ3n) is 28.1. The lowest BCUT2D eigenvalue weighted by Gasteiger charge is -2.51. The summed E-state index contributed by atoms with van der Waals surface area (Å²) in [5.74, 6) is 5.96. The Bertz CT molecular complexity index is 4530. The zero-order valence-corrected chi connectivity index (χ0v) is 81.1. The number of carbonyl (C=O) groups excluding carboxylic acids is 1. The van der Waals surface area contributed by atoms with Crippen molar-refractivity contribution in [3.05, 3.63) is 108 Å². The molecule has 6 aliphatic rings. The number of benzene rings is 2. The first-order valence-electron chi connectivity index (χ1n) is 49.4. The molecule has 13 atom stereocenters. The summed E-state index contributed by atoms with van der Waals surface area (Å²) in [6, 6.07) is 19.8. The lowest BCUT2D eigenvalue weighted by atomic mass is 9.54. The standard InChI is InChI=1S/C33H48F6O4.C33H51O3PSi2.C30H50F6O3Si2/c1-21-23(19-24(40)20-26(21)41)11-10-22-9-6-17-30(5)25(22)12-13-27(30)29(4,15-7-14-28(2,3)42)16-8-18-31(43,32(34,35)36)33(37,38)39;1-26-27(22-23-37(34,29-18-14-12-15-19-29)30-20-16-13-17-21-30)24-28(35-38(8,9)32(2,3)4)25-31(26)36-39(10,11)33(5,6)7;1-25(2,38-40(5,6)7)17-12-18-26(3,24-16-15-22-23(37)14-11-20-27(22,24)4)19-13-21-28(29(31,32)33,30(34,35)36)39-41(8,9)10/h11,22,24-27,40-43H,1,6-7,9-10,12-17,19-20H2,2-5H3;12-22,28,31H,1,23-25H2,2-11H3;22,24H,11-12,14-20H2,1-10H3/b23-11-;27-22-;/t22?,24-,25?,26+,27-,29-,30+;28-,31+;22?,24-,26-,27+/m111/s1/i2D3,3D3;;1D3,2D3. The van der Waals surface area contributed by atoms with E-state index < -0.39 is 174 Å². The molecule has 698 valence electrons. The van der Waals surface area contributed by atoms with E-state index in [0.29, 0.717) is 75.9 Å². The Hall–Kier alpha value is -3.87. The number of hydrogen-bond donors (Lipinski definition) is 4. The predicted molar refractivity (Wildman–Crippen MR) is 483 cm³/mol. The van der Waals surface area contributed by atoms with E-state index in [0.717, 1.165) is 58.9 Å². The quantitative estimate of drug-likeness (QED) is 0.0310. The van der Waals surface area contributed by atoms with Gasteiger partial charge in [-0.25, -0.2) is 0 Å². The number of rotatable bonds is 26. The monoisotopic (exact) mass is 1850 g/mol. The summed E-state index contributed by atoms with van der Waals surface area (Å²) in [6.45, 7) is 34.6. The van der Waals surface area contributed by atoms with E-state index in [1.54, 1.807) is 33.5 Å². The summed E-state index contributed by atoms with van der Waals surface area (Å²) in [7, 11) is -13.2. The molecule has 0 bridgehead atoms. The summed E-state index contributed by atoms with van der Waals surface area (Å²) in [5.41, 5.74) is -15.5. The van der Waals surface area contributed by atoms with Crippen LogP contribution in [0.2, 0.25) is 75.5 Å². The van der Waals surface area contributed by atoms with Gasteiger partial charge in [-0.3, -0.25) is 4.79 Å². The van der Waals surface area contributed by atoms with Crippen LogP contribution >= 0.6 is 7.14 Å². The normalized spacial score (nSPS) is 28.8. The highest BCUT2D eigenvalue weighted by molar-refractivity contribution is 7.78. The summed E-state index contributed by atoms with van der Waals surface area (Å²) in [6.07, 6.45) is -14.7. The van der Waals surface area contributed by atoms with Crippen molar-refractivity contribution in [2.45, 2.75) is 391 Å². The number of aliphatic hydroxyl groups is 4. The maximum Gasteiger partial charge on any atom is 0.438 e. The van der Waals surface area contributed by atoms with Gasteiger partial charge in [0.15, 0.2) is 33.3 Å². The molecule has 2 aromatic carbocycles. The predicted octanol–water partition coefficient (Wildman–Crippen LogP) is 26.1. The average Bonchev–Trinajstić information content (AvgIpc) is 1.61. The van der Waals surface area contributed by atoms with Gasteiger partial charge in [0.05, 0.1) is 35.6 Å². The maximum absolute atomic E-state index is 14.7. The summed E-state index contributed by atoms with van der Waals surface area (Å²) in [5, 5.41) is 42.9. The van der Waals surface area contributed by atoms with Crippen molar-refractivity contribution in [2.24, 2.45) is 51.2 Å². The van der Waals surface area contributed by atoms with Crippen molar-refractivity contribution in [3.8, 4) is 23.7 Å². The molecule has 0 radical (unpaired) electrons. The van der Waals surface area contributed by atoms with Gasteiger partial charge in [-0.1, -0.05) is 186 Å². The van der Waals surface area contributed by atoms with Gasteiger partial charge in [-0.2, -0.15) is 52.7 Å². The third-order valence-corrected chi connectivity index (χ3v) is 41.9. The van der Waals surface area contributed by atoms with E-state index >= 15 is 0 Å². The van der Waals surface area contributed by atoms with Gasteiger partial charge in [0.25, 0.3) is 0 Å². The number of fused-ring (bicyclic) bond motifs is 2. The molecule has 6 saturated carbocycles. The minimum Gasteiger partial charge on any atom is -0.413 e. The Kier molecular flexibility index (Phi) is 28.9. The molecule has 27 heteroatoms. The molecule has 6 aliphatic carbocycles. The largest absolute Gasteiger partial charge is 0.438 e. The molecule has 6 fully saturated rings. The number of Topliss-reactive ketones (excluding diaryl/α,β-unsaturated/α-hetero) is 1. The van der Waals surface area contributed by atoms with Crippen molar-refractivity contribution in [2.75, 3.05) is 6.16 Å². The molecule has 4 N–H and O–H groups in total. The maximum atomic E-state index is 14.7. The van der Waals surface area contributed by atoms with Gasteiger partial charge in [0.2, 0.25) is 0 Å². The van der Waals surface area contributed by atoms with E-state index in [1.165, 1.54) is 25.6 Å². The van der Waals surface area contributed by atoms with E-state index in [1.807, 2.05) is 86.5 Å². The third kappa shape index (κ3) is 26.9. The van der Waals surface area contributed by atoms with Crippen molar-refractivity contribution < 1.29 is 117 Å². The van der Waals surface area contributed by atoms with E-state index in [2.05, 4.69) is 92.9 Å². The zero-order valence-electron chi connectivity index (χ0n) is 88.2. The van der Waals surface area contributed by atoms with Crippen LogP contribution in [-0.4, -0.2) is 137 Å². The number of carbonyl (C=O) groups is 1. The first kappa shape index (κ1) is 89.7. The highest BCUT2D eigenvalue weighted by Crippen LogP contribution is 2.66. The summed E-state index contributed by atoms with van der Waals surface area (Å²) >= 11 is 0. The van der Waals surface area contributed by atoms with Crippen molar-refractivity contribution in [1.29, 1.82) is 0 Å². The Morgan fingerprint density at radius 1 is 0.569 bits per heavy atom. The number of allylic oxidation sites excluding steroid dienone is 2. The van der Waals surface area contributed by atoms with Crippen molar-refractivity contribution in [3.63, 3.8) is 0 Å². The molecule has 8 rings (SSSR count). The molecule has 0 amide bonds. The highest BCUT2D eigenvalue weighted by Gasteiger charge is 2.74. The highest BCUT2D eigenvalue weighted by atomic mass is 31.2. The molecule has 0 saturated heterocycles. The fourth-order valence-corrected chi connectivity index (χ4v) is 27.3. The molecule has 123 heavy (non-hydrogen) atoms. The van der Waals surface area contributed by atoms with Gasteiger partial charge in [0.1, 0.15) is 12.9 Å². The van der Waals surface area contributed by atoms with Crippen molar-refractivity contribution >= 4 is 56.8 Å². The van der Waals surface area contributed by atoms with Crippen molar-refractivity contribution in [1.82, 2.24) is 0 Å². The number of ketones is 1. The lowest BCUT2D eigenvalue weighted by Crippen LogP contribution is -2.61. The lowest BCUT2D eigenvalue weighted by molar-refractivity contribution is -0.343. The molecule has 10 nitrogen and oxygen atoms in total. The van der Waals surface area contributed by atoms with E-state index in [-0.39, 0.29) is 89.8 Å². The second-order valence-corrected chi connectivity index (χ2v) is 63.4. The Morgan fingerprint density at radius 2 is 1.05 bits per heavy atom. The Balaban J connectivity index is 0.000000313. The Morgan fingerprint density at radius 3 is 1.54 bits per heavy atom. The van der Waals surface area contributed by atoms with Crippen LogP contribution in [-0.2, 0) is 27.1 Å². The van der Waals surface area contributed by atoms with E-state index in [9.17, 15) is 82.5 Å². The molecule has 0 heterocycles. The van der Waals surface area contributed by atoms with Crippen LogP contribution in [0.3, 0.4) is 0 Å². The second kappa shape index (κ2) is 39.7. The number of alkyl halides is 12. The van der Waals surface area contributed by atoms with Crippen LogP contribution in [0.25, 0.3) is 0 Å². The van der Waals surface area contributed by atoms with Crippen LogP contribution in [0.4, 0.5) is 52.7 Å². The molecule has 2 aromatic rings. The molecule has 0 aromatic heterocycles. The van der Waals surface area contributed by atoms with Crippen LogP contribution < -0.4 is 10.6 Å². The SMILES string of the molecule is C=C1/C(=C\CP(=O)(c2ccccc2)c2ccccc2)C[C@@H](O[Si](C)(C)C(C)(C)C)C[C@@H]1O[Si](C)(C)C(C)(C)C.[2H]C([2H])([2H])C(CCC[C@](C)(CC#CC(O[Si](C)(C)C)(C(F)(F)F)C(F)(F)F)[C@H]1CCC2C(=O)CCC[C@@]21C)(O[Si](C)(C)C)C([2H])([2H])[2H].[2H]C([2H])([2H])C(O)(CCC[C@](C)(CC#CC(O)(C(F)(F)F)C(F)(F)F)[C@H]1CCC2C(C/C=C3/C[C@@H](O)C[C@H](O)C3=C)CCC[C@@]21C)C([2H])([2H])[2H]. The van der Waals surface area contributed by atoms with Crippen LogP contribution in [0, 0.1) is 74.9 Å². The fraction of sp³-hybridized carbons (Fsp3) is 0.740. The minimum absolute atomic E-state index is 0.0335. The molecule has 3 unspecified atom stereocenters. The smallest absolute Gasteiger partial charge is 0.413 e. The summed E-state index contributed by atoms with van der Waals surface area (Å²) < 4.78 is 301. The van der Waals surface area contributed by atoms with Crippen LogP contribution in [0.5, 0.6) is 0 Å². The minimum atomic E-state index is -6.14. The van der Waals surface area contributed by atoms with Gasteiger partial charge >= 0.3 is 35.9 Å². The second-order valence-electron chi connectivity index (χ2n) is 42.1. The average molecular weight is 1850 g/mol. The van der Waals surface area contributed by atoms with Crippen LogP contribution in [0.15, 0.2) is 108 Å². The number of hydrogen-bond acceptors (Lipinski definition) is 10. The fourth-order valence-electron chi connectivity index (χ4n) is 19.8. The molecular formula is C96H149F12O10PSi4. The first-order valence-corrected chi connectivity index (χ1v) is 58.0. The number of aliphatic hydroxyl groups excluding tert-OH is 2. The van der Waals surface area contributed by atoms with Gasteiger partial charge in [-0.15, -0.1) is 0 Å². The first-order chi connectivity index (χ1) is 60.6. The Labute approximate surface area is 750 Å². The van der Waals surface area contributed by atoms with Gasteiger partial charge in [-0.05, 0) is 279 Å².